The summed E-state index contributed by atoms with van der Waals surface area (Å²) >= 11 is 0. The Morgan fingerprint density at radius 1 is 1.05 bits per heavy atom. The number of alkyl halides is 3. The molecule has 0 aromatic carbocycles. The third kappa shape index (κ3) is 7.13. The van der Waals surface area contributed by atoms with Gasteiger partial charge >= 0.3 is 6.18 Å². The molecule has 0 radical (unpaired) electrons. The molecule has 1 saturated heterocycles. The Bertz CT molecular complexity index is 334. The summed E-state index contributed by atoms with van der Waals surface area (Å²) in [7, 11) is 0. The Labute approximate surface area is 125 Å². The number of nitrogens with zero attached hydrogens (tertiary/aromatic N) is 2. The second-order valence-electron chi connectivity index (χ2n) is 6.49. The van der Waals surface area contributed by atoms with Crippen LogP contribution in [0, 0.1) is 10.8 Å². The van der Waals surface area contributed by atoms with Crippen LogP contribution < -0.4 is 5.73 Å². The van der Waals surface area contributed by atoms with Gasteiger partial charge < -0.3 is 10.6 Å². The van der Waals surface area contributed by atoms with Crippen molar-refractivity contribution in [2.75, 3.05) is 39.3 Å². The minimum absolute atomic E-state index is 0.211. The fourth-order valence-corrected chi connectivity index (χ4v) is 2.46. The standard InChI is InChI=1S/C14H27F3N4/c1-13(2,12(18)19)5-3-4-6-20-7-9-21(10-8-20)11-14(15,16)17/h3-11H2,1-2H3,(H3,18,19). The minimum Gasteiger partial charge on any atom is -0.387 e. The molecule has 4 nitrogen and oxygen atoms in total. The van der Waals surface area contributed by atoms with E-state index in [1.807, 2.05) is 13.8 Å². The third-order valence-corrected chi connectivity index (χ3v) is 4.12. The molecule has 124 valence electrons. The van der Waals surface area contributed by atoms with Gasteiger partial charge in [0.2, 0.25) is 0 Å². The molecule has 0 atom stereocenters. The molecule has 0 amide bonds. The maximum absolute atomic E-state index is 12.3. The summed E-state index contributed by atoms with van der Waals surface area (Å²) in [5.41, 5.74) is 5.28. The van der Waals surface area contributed by atoms with Crippen molar-refractivity contribution in [2.45, 2.75) is 39.3 Å². The number of nitrogens with one attached hydrogen (secondary N) is 1. The summed E-state index contributed by atoms with van der Waals surface area (Å²) < 4.78 is 36.8. The second kappa shape index (κ2) is 7.45. The van der Waals surface area contributed by atoms with E-state index in [2.05, 4.69) is 4.90 Å². The lowest BCUT2D eigenvalue weighted by molar-refractivity contribution is -0.149. The minimum atomic E-state index is -4.10. The van der Waals surface area contributed by atoms with Gasteiger partial charge in [0.15, 0.2) is 0 Å². The van der Waals surface area contributed by atoms with Crippen LogP contribution in [0.3, 0.4) is 0 Å². The highest BCUT2D eigenvalue weighted by molar-refractivity contribution is 5.82. The highest BCUT2D eigenvalue weighted by Crippen LogP contribution is 2.23. The number of halogens is 3. The number of piperazine rings is 1. The zero-order valence-corrected chi connectivity index (χ0v) is 13.0. The van der Waals surface area contributed by atoms with Gasteiger partial charge in [-0.1, -0.05) is 20.3 Å². The van der Waals surface area contributed by atoms with E-state index in [0.29, 0.717) is 26.2 Å². The molecule has 0 spiro atoms. The molecule has 0 aliphatic carbocycles. The van der Waals surface area contributed by atoms with E-state index in [-0.39, 0.29) is 11.3 Å². The number of hydrogen-bond acceptors (Lipinski definition) is 3. The molecule has 21 heavy (non-hydrogen) atoms. The summed E-state index contributed by atoms with van der Waals surface area (Å²) in [4.78, 5) is 3.68. The van der Waals surface area contributed by atoms with Crippen molar-refractivity contribution in [2.24, 2.45) is 11.1 Å². The molecule has 1 rings (SSSR count). The summed E-state index contributed by atoms with van der Waals surface area (Å²) in [5.74, 6) is 0.211. The van der Waals surface area contributed by atoms with Crippen LogP contribution in [0.4, 0.5) is 13.2 Å². The molecule has 0 bridgehead atoms. The summed E-state index contributed by atoms with van der Waals surface area (Å²) in [6.45, 7) is 6.41. The second-order valence-corrected chi connectivity index (χ2v) is 6.49. The van der Waals surface area contributed by atoms with Crippen LogP contribution in [0.5, 0.6) is 0 Å². The van der Waals surface area contributed by atoms with E-state index in [0.717, 1.165) is 25.8 Å². The Balaban J connectivity index is 2.15. The van der Waals surface area contributed by atoms with Crippen molar-refractivity contribution in [3.8, 4) is 0 Å². The van der Waals surface area contributed by atoms with Gasteiger partial charge in [-0.25, -0.2) is 0 Å². The lowest BCUT2D eigenvalue weighted by atomic mass is 9.86. The molecule has 1 heterocycles. The van der Waals surface area contributed by atoms with E-state index in [1.165, 1.54) is 4.90 Å². The lowest BCUT2D eigenvalue weighted by Crippen LogP contribution is -2.49. The Morgan fingerprint density at radius 2 is 1.57 bits per heavy atom. The predicted molar refractivity (Wildman–Crippen MR) is 78.5 cm³/mol. The number of unbranched alkanes of at least 4 members (excludes halogenated alkanes) is 1. The van der Waals surface area contributed by atoms with Gasteiger partial charge in [-0.05, 0) is 19.4 Å². The first kappa shape index (κ1) is 18.2. The van der Waals surface area contributed by atoms with Crippen LogP contribution >= 0.6 is 0 Å². The van der Waals surface area contributed by atoms with Crippen LogP contribution in [-0.2, 0) is 0 Å². The van der Waals surface area contributed by atoms with Gasteiger partial charge in [0.25, 0.3) is 0 Å². The molecule has 0 unspecified atom stereocenters. The predicted octanol–water partition coefficient (Wildman–Crippen LogP) is 2.30. The largest absolute Gasteiger partial charge is 0.401 e. The quantitative estimate of drug-likeness (QED) is 0.431. The van der Waals surface area contributed by atoms with Crippen molar-refractivity contribution in [1.82, 2.24) is 9.80 Å². The van der Waals surface area contributed by atoms with Crippen LogP contribution in [0.2, 0.25) is 0 Å². The molecule has 1 aliphatic rings. The normalized spacial score (nSPS) is 18.9. The maximum atomic E-state index is 12.3. The first-order chi connectivity index (χ1) is 9.60. The molecular weight excluding hydrogens is 281 g/mol. The first-order valence-corrected chi connectivity index (χ1v) is 7.46. The SMILES string of the molecule is CC(C)(CCCCN1CCN(CC(F)(F)F)CC1)C(=N)N. The van der Waals surface area contributed by atoms with Crippen LogP contribution in [0.25, 0.3) is 0 Å². The number of nitrogens with two attached hydrogens (primary N) is 1. The topological polar surface area (TPSA) is 56.4 Å². The molecule has 0 saturated carbocycles. The number of hydrogen-bond donors (Lipinski definition) is 2. The van der Waals surface area contributed by atoms with Gasteiger partial charge in [-0.2, -0.15) is 13.2 Å². The number of rotatable bonds is 7. The third-order valence-electron chi connectivity index (χ3n) is 4.12. The molecule has 7 heteroatoms. The van der Waals surface area contributed by atoms with E-state index in [1.54, 1.807) is 0 Å². The molecule has 1 aliphatic heterocycles. The fourth-order valence-electron chi connectivity index (χ4n) is 2.46. The molecule has 0 aromatic heterocycles. The van der Waals surface area contributed by atoms with E-state index in [4.69, 9.17) is 11.1 Å². The highest BCUT2D eigenvalue weighted by Gasteiger charge is 2.32. The van der Waals surface area contributed by atoms with Gasteiger partial charge in [-0.15, -0.1) is 0 Å². The first-order valence-electron chi connectivity index (χ1n) is 7.46. The van der Waals surface area contributed by atoms with Gasteiger partial charge in [0, 0.05) is 31.6 Å². The Kier molecular flexibility index (Phi) is 6.46. The molecule has 1 fully saturated rings. The summed E-state index contributed by atoms with van der Waals surface area (Å²) in [6, 6.07) is 0. The zero-order valence-electron chi connectivity index (χ0n) is 13.0. The van der Waals surface area contributed by atoms with Crippen LogP contribution in [0.1, 0.15) is 33.1 Å². The van der Waals surface area contributed by atoms with Gasteiger partial charge in [-0.3, -0.25) is 10.3 Å². The Morgan fingerprint density at radius 3 is 2.05 bits per heavy atom. The smallest absolute Gasteiger partial charge is 0.387 e. The Hall–Kier alpha value is -0.820. The van der Waals surface area contributed by atoms with Crippen LogP contribution in [-0.4, -0.2) is 61.1 Å². The van der Waals surface area contributed by atoms with Crippen LogP contribution in [0.15, 0.2) is 0 Å². The van der Waals surface area contributed by atoms with Crippen molar-refractivity contribution in [1.29, 1.82) is 5.41 Å². The average Bonchev–Trinajstić information content (AvgIpc) is 2.34. The summed E-state index contributed by atoms with van der Waals surface area (Å²) in [5, 5.41) is 7.49. The maximum Gasteiger partial charge on any atom is 0.401 e. The molecular formula is C14H27F3N4. The van der Waals surface area contributed by atoms with Crippen molar-refractivity contribution >= 4 is 5.84 Å². The van der Waals surface area contributed by atoms with E-state index in [9.17, 15) is 13.2 Å². The van der Waals surface area contributed by atoms with Crippen molar-refractivity contribution in [3.05, 3.63) is 0 Å². The van der Waals surface area contributed by atoms with E-state index >= 15 is 0 Å². The molecule has 3 N–H and O–H groups in total. The van der Waals surface area contributed by atoms with Crippen molar-refractivity contribution < 1.29 is 13.2 Å². The lowest BCUT2D eigenvalue weighted by Gasteiger charge is -2.35. The average molecular weight is 308 g/mol. The summed E-state index contributed by atoms with van der Waals surface area (Å²) in [6.07, 6.45) is -1.25. The number of amidine groups is 1. The monoisotopic (exact) mass is 308 g/mol. The zero-order chi connectivity index (χ0) is 16.1. The molecule has 0 aromatic rings. The van der Waals surface area contributed by atoms with Gasteiger partial charge in [0.1, 0.15) is 0 Å². The van der Waals surface area contributed by atoms with Crippen molar-refractivity contribution in [3.63, 3.8) is 0 Å². The highest BCUT2D eigenvalue weighted by atomic mass is 19.4. The fraction of sp³-hybridized carbons (Fsp3) is 0.929. The van der Waals surface area contributed by atoms with E-state index < -0.39 is 12.7 Å². The van der Waals surface area contributed by atoms with Gasteiger partial charge in [0.05, 0.1) is 12.4 Å².